The monoisotopic (exact) mass is 333 g/mol. The summed E-state index contributed by atoms with van der Waals surface area (Å²) in [6.07, 6.45) is -2.02. The van der Waals surface area contributed by atoms with Crippen molar-refractivity contribution >= 4 is 23.1 Å². The minimum absolute atomic E-state index is 0.0362. The molecular formula is C9H15BF3NO6S. The molecule has 1 rings (SSSR count). The number of nitrogens with one attached hydrogen (secondary N) is 1. The maximum atomic E-state index is 12.2. The first kappa shape index (κ1) is 18.2. The Morgan fingerprint density at radius 3 is 2.38 bits per heavy atom. The molecule has 0 radical (unpaired) electrons. The van der Waals surface area contributed by atoms with Crippen LogP contribution in [0.4, 0.5) is 13.2 Å². The molecule has 0 spiro atoms. The van der Waals surface area contributed by atoms with Crippen LogP contribution in [-0.4, -0.2) is 50.2 Å². The number of hydrogen-bond acceptors (Lipinski definition) is 7. The quantitative estimate of drug-likeness (QED) is 0.306. The van der Waals surface area contributed by atoms with Gasteiger partial charge in [0.05, 0.1) is 12.7 Å². The molecule has 0 bridgehead atoms. The normalized spacial score (nSPS) is 26.1. The highest BCUT2D eigenvalue weighted by molar-refractivity contribution is 7.87. The second kappa shape index (κ2) is 6.11. The zero-order chi connectivity index (χ0) is 16.5. The van der Waals surface area contributed by atoms with Crippen molar-refractivity contribution in [2.45, 2.75) is 43.7 Å². The van der Waals surface area contributed by atoms with Crippen molar-refractivity contribution in [3.8, 4) is 0 Å². The van der Waals surface area contributed by atoms with E-state index in [0.717, 1.165) is 0 Å². The van der Waals surface area contributed by atoms with Crippen molar-refractivity contribution in [3.05, 3.63) is 0 Å². The van der Waals surface area contributed by atoms with Crippen LogP contribution in [0.2, 0.25) is 6.82 Å². The van der Waals surface area contributed by atoms with Crippen LogP contribution in [0.3, 0.4) is 0 Å². The van der Waals surface area contributed by atoms with Gasteiger partial charge in [0.25, 0.3) is 0 Å². The third-order valence-corrected chi connectivity index (χ3v) is 3.94. The van der Waals surface area contributed by atoms with E-state index in [1.54, 1.807) is 0 Å². The van der Waals surface area contributed by atoms with Crippen molar-refractivity contribution < 1.29 is 40.3 Å². The van der Waals surface area contributed by atoms with E-state index in [2.05, 4.69) is 9.41 Å². The number of carbonyl (C=O) groups excluding carboxylic acids is 1. The zero-order valence-electron chi connectivity index (χ0n) is 11.3. The maximum Gasteiger partial charge on any atom is 0.523 e. The summed E-state index contributed by atoms with van der Waals surface area (Å²) in [6.45, 7) is 2.88. The first-order valence-electron chi connectivity index (χ1n) is 6.06. The Bertz CT molecular complexity index is 488. The van der Waals surface area contributed by atoms with Gasteiger partial charge in [0.1, 0.15) is 5.54 Å². The Labute approximate surface area is 120 Å². The SMILES string of the molecule is CCOC(=O)C1(NB(C)O)CC(OS(=O)(=O)C(F)(F)F)C1. The summed E-state index contributed by atoms with van der Waals surface area (Å²) < 4.78 is 67.0. The fourth-order valence-corrected chi connectivity index (χ4v) is 2.64. The van der Waals surface area contributed by atoms with Crippen molar-refractivity contribution in [1.29, 1.82) is 0 Å². The molecule has 7 nitrogen and oxygen atoms in total. The molecule has 0 heterocycles. The number of carbonyl (C=O) groups is 1. The number of esters is 1. The van der Waals surface area contributed by atoms with Gasteiger partial charge >= 0.3 is 28.6 Å². The molecule has 1 aliphatic carbocycles. The highest BCUT2D eigenvalue weighted by Gasteiger charge is 2.57. The lowest BCUT2D eigenvalue weighted by atomic mass is 9.69. The molecule has 1 saturated carbocycles. The van der Waals surface area contributed by atoms with Crippen molar-refractivity contribution in [2.75, 3.05) is 6.61 Å². The third kappa shape index (κ3) is 4.08. The number of ether oxygens (including phenoxy) is 1. The minimum atomic E-state index is -5.72. The predicted octanol–water partition coefficient (Wildman–Crippen LogP) is 0.0168. The van der Waals surface area contributed by atoms with E-state index in [0.29, 0.717) is 0 Å². The average molecular weight is 333 g/mol. The molecule has 0 atom stereocenters. The number of hydrogen-bond donors (Lipinski definition) is 2. The van der Waals surface area contributed by atoms with Crippen LogP contribution in [0.25, 0.3) is 0 Å². The molecule has 0 aromatic heterocycles. The molecule has 0 amide bonds. The van der Waals surface area contributed by atoms with E-state index < -0.39 is 40.3 Å². The number of rotatable bonds is 6. The van der Waals surface area contributed by atoms with Crippen LogP contribution in [0, 0.1) is 0 Å². The van der Waals surface area contributed by atoms with Gasteiger partial charge in [-0.1, -0.05) is 0 Å². The Hall–Kier alpha value is -0.845. The van der Waals surface area contributed by atoms with E-state index in [4.69, 9.17) is 4.74 Å². The molecule has 122 valence electrons. The molecule has 0 aliphatic heterocycles. The van der Waals surface area contributed by atoms with Crippen LogP contribution >= 0.6 is 0 Å². The fraction of sp³-hybridized carbons (Fsp3) is 0.889. The Balaban J connectivity index is 2.74. The van der Waals surface area contributed by atoms with Gasteiger partial charge in [-0.3, -0.25) is 8.98 Å². The Morgan fingerprint density at radius 2 is 2.00 bits per heavy atom. The van der Waals surface area contributed by atoms with Gasteiger partial charge in [-0.2, -0.15) is 21.6 Å². The van der Waals surface area contributed by atoms with Gasteiger partial charge in [-0.15, -0.1) is 0 Å². The molecule has 0 aromatic carbocycles. The lowest BCUT2D eigenvalue weighted by Gasteiger charge is -2.45. The van der Waals surface area contributed by atoms with Crippen LogP contribution in [-0.2, 0) is 23.8 Å². The molecule has 12 heteroatoms. The van der Waals surface area contributed by atoms with Gasteiger partial charge in [0.15, 0.2) is 0 Å². The minimum Gasteiger partial charge on any atom is -0.465 e. The third-order valence-electron chi connectivity index (χ3n) is 2.85. The molecule has 21 heavy (non-hydrogen) atoms. The van der Waals surface area contributed by atoms with Gasteiger partial charge in [-0.25, -0.2) is 0 Å². The van der Waals surface area contributed by atoms with Crippen LogP contribution in [0.15, 0.2) is 0 Å². The first-order chi connectivity index (χ1) is 9.43. The number of alkyl halides is 3. The molecule has 1 aliphatic rings. The summed E-state index contributed by atoms with van der Waals surface area (Å²) in [4.78, 5) is 11.8. The van der Waals surface area contributed by atoms with E-state index >= 15 is 0 Å². The van der Waals surface area contributed by atoms with Crippen LogP contribution < -0.4 is 5.23 Å². The largest absolute Gasteiger partial charge is 0.523 e. The molecule has 0 aromatic rings. The predicted molar refractivity (Wildman–Crippen MR) is 65.4 cm³/mol. The summed E-state index contributed by atoms with van der Waals surface area (Å²) in [7, 11) is -6.85. The standard InChI is InChI=1S/C9H15BF3NO6S/c1-3-19-7(15)8(14-10(2)16)4-6(5-8)20-21(17,18)9(11,12)13/h6,14,16H,3-5H2,1-2H3. The molecule has 2 N–H and O–H groups in total. The first-order valence-corrected chi connectivity index (χ1v) is 7.47. The topological polar surface area (TPSA) is 102 Å². The fourth-order valence-electron chi connectivity index (χ4n) is 2.03. The second-order valence-corrected chi connectivity index (χ2v) is 6.21. The van der Waals surface area contributed by atoms with Gasteiger partial charge in [0, 0.05) is 12.8 Å². The molecule has 0 saturated heterocycles. The molecule has 1 fully saturated rings. The Morgan fingerprint density at radius 1 is 1.48 bits per heavy atom. The zero-order valence-corrected chi connectivity index (χ0v) is 12.1. The lowest BCUT2D eigenvalue weighted by molar-refractivity contribution is -0.159. The van der Waals surface area contributed by atoms with Crippen LogP contribution in [0.5, 0.6) is 0 Å². The van der Waals surface area contributed by atoms with Gasteiger partial charge in [-0.05, 0) is 13.7 Å². The van der Waals surface area contributed by atoms with Crippen molar-refractivity contribution in [1.82, 2.24) is 5.23 Å². The molecular weight excluding hydrogens is 318 g/mol. The van der Waals surface area contributed by atoms with E-state index in [1.165, 1.54) is 13.7 Å². The summed E-state index contributed by atoms with van der Waals surface area (Å²) in [5.41, 5.74) is -6.97. The highest BCUT2D eigenvalue weighted by Crippen LogP contribution is 2.39. The highest BCUT2D eigenvalue weighted by atomic mass is 32.2. The lowest BCUT2D eigenvalue weighted by Crippen LogP contribution is -2.67. The summed E-state index contributed by atoms with van der Waals surface area (Å²) in [5.74, 6) is -0.782. The summed E-state index contributed by atoms with van der Waals surface area (Å²) >= 11 is 0. The van der Waals surface area contributed by atoms with E-state index in [9.17, 15) is 31.4 Å². The Kier molecular flexibility index (Phi) is 5.29. The van der Waals surface area contributed by atoms with Crippen molar-refractivity contribution in [3.63, 3.8) is 0 Å². The summed E-state index contributed by atoms with van der Waals surface area (Å²) in [5, 5.41) is 11.7. The van der Waals surface area contributed by atoms with Crippen LogP contribution in [0.1, 0.15) is 19.8 Å². The van der Waals surface area contributed by atoms with Gasteiger partial charge in [0.2, 0.25) is 0 Å². The second-order valence-electron chi connectivity index (χ2n) is 4.65. The maximum absolute atomic E-state index is 12.2. The average Bonchev–Trinajstić information content (AvgIpc) is 2.23. The van der Waals surface area contributed by atoms with Gasteiger partial charge < -0.3 is 15.0 Å². The van der Waals surface area contributed by atoms with Crippen molar-refractivity contribution in [2.24, 2.45) is 0 Å². The summed E-state index contributed by atoms with van der Waals surface area (Å²) in [6, 6.07) is 0. The van der Waals surface area contributed by atoms with E-state index in [-0.39, 0.29) is 19.4 Å². The smallest absolute Gasteiger partial charge is 0.465 e. The number of halogens is 3. The molecule has 0 unspecified atom stereocenters. The van der Waals surface area contributed by atoms with E-state index in [1.807, 2.05) is 0 Å².